The molecule has 5 aliphatic rings. The van der Waals surface area contributed by atoms with Crippen LogP contribution in [0.2, 0.25) is 0 Å². The fourth-order valence-corrected chi connectivity index (χ4v) is 6.24. The highest BCUT2D eigenvalue weighted by Crippen LogP contribution is 2.57. The molecule has 5 fully saturated rings. The summed E-state index contributed by atoms with van der Waals surface area (Å²) in [4.78, 5) is 2.71. The van der Waals surface area contributed by atoms with Crippen LogP contribution >= 0.6 is 0 Å². The van der Waals surface area contributed by atoms with Crippen molar-refractivity contribution in [1.82, 2.24) is 10.2 Å². The molecule has 1 unspecified atom stereocenters. The van der Waals surface area contributed by atoms with Gasteiger partial charge in [-0.1, -0.05) is 6.92 Å². The summed E-state index contributed by atoms with van der Waals surface area (Å²) >= 11 is 0. The molecule has 0 spiro atoms. The van der Waals surface area contributed by atoms with Gasteiger partial charge in [-0.3, -0.25) is 0 Å². The van der Waals surface area contributed by atoms with Crippen LogP contribution in [0.15, 0.2) is 0 Å². The van der Waals surface area contributed by atoms with Crippen molar-refractivity contribution in [2.75, 3.05) is 26.2 Å². The second-order valence-electron chi connectivity index (χ2n) is 7.87. The van der Waals surface area contributed by atoms with Crippen LogP contribution in [0, 0.1) is 29.6 Å². The van der Waals surface area contributed by atoms with Crippen molar-refractivity contribution >= 4 is 0 Å². The lowest BCUT2D eigenvalue weighted by Crippen LogP contribution is -2.60. The molecule has 4 bridgehead atoms. The average molecular weight is 262 g/mol. The van der Waals surface area contributed by atoms with Crippen molar-refractivity contribution in [2.45, 2.75) is 51.5 Å². The van der Waals surface area contributed by atoms with E-state index in [1.165, 1.54) is 32.6 Å². The number of rotatable bonds is 3. The summed E-state index contributed by atoms with van der Waals surface area (Å²) in [6.45, 7) is 7.47. The van der Waals surface area contributed by atoms with Crippen molar-refractivity contribution in [3.05, 3.63) is 0 Å². The van der Waals surface area contributed by atoms with Gasteiger partial charge in [0.25, 0.3) is 0 Å². The van der Waals surface area contributed by atoms with E-state index in [1.54, 1.807) is 32.1 Å². The number of nitrogens with one attached hydrogen (secondary N) is 1. The molecule has 4 saturated carbocycles. The second kappa shape index (κ2) is 5.04. The Kier molecular flexibility index (Phi) is 3.35. The van der Waals surface area contributed by atoms with Gasteiger partial charge < -0.3 is 10.2 Å². The van der Waals surface area contributed by atoms with Crippen molar-refractivity contribution in [3.8, 4) is 0 Å². The van der Waals surface area contributed by atoms with Crippen LogP contribution in [-0.4, -0.2) is 37.1 Å². The van der Waals surface area contributed by atoms with Crippen molar-refractivity contribution in [1.29, 1.82) is 0 Å². The number of hydrogen-bond donors (Lipinski definition) is 1. The third-order valence-corrected chi connectivity index (χ3v) is 6.59. The molecule has 108 valence electrons. The van der Waals surface area contributed by atoms with Crippen LogP contribution in [0.4, 0.5) is 0 Å². The van der Waals surface area contributed by atoms with Gasteiger partial charge in [0.15, 0.2) is 0 Å². The predicted octanol–water partition coefficient (Wildman–Crippen LogP) is 2.74. The van der Waals surface area contributed by atoms with Gasteiger partial charge in [-0.05, 0) is 74.7 Å². The minimum absolute atomic E-state index is 0.815. The lowest BCUT2D eigenvalue weighted by atomic mass is 9.50. The first-order chi connectivity index (χ1) is 9.33. The largest absolute Gasteiger partial charge is 0.311 e. The van der Waals surface area contributed by atoms with E-state index in [2.05, 4.69) is 17.1 Å². The van der Waals surface area contributed by atoms with E-state index >= 15 is 0 Å². The molecule has 1 heterocycles. The summed E-state index contributed by atoms with van der Waals surface area (Å²) in [5, 5.41) is 3.89. The van der Waals surface area contributed by atoms with Gasteiger partial charge in [0.05, 0.1) is 0 Å². The molecule has 0 aromatic carbocycles. The number of piperazine rings is 1. The van der Waals surface area contributed by atoms with E-state index in [9.17, 15) is 0 Å². The highest BCUT2D eigenvalue weighted by atomic mass is 15.2. The monoisotopic (exact) mass is 262 g/mol. The third-order valence-electron chi connectivity index (χ3n) is 6.59. The van der Waals surface area contributed by atoms with E-state index in [4.69, 9.17) is 0 Å². The topological polar surface area (TPSA) is 15.3 Å². The van der Waals surface area contributed by atoms with Crippen molar-refractivity contribution < 1.29 is 0 Å². The van der Waals surface area contributed by atoms with E-state index in [0.29, 0.717) is 0 Å². The molecule has 0 amide bonds. The molecular formula is C17H30N2. The first kappa shape index (κ1) is 12.6. The predicted molar refractivity (Wildman–Crippen MR) is 79.1 cm³/mol. The van der Waals surface area contributed by atoms with Crippen molar-refractivity contribution in [2.24, 2.45) is 29.6 Å². The summed E-state index contributed by atoms with van der Waals surface area (Å²) in [6, 6.07) is 0.815. The zero-order chi connectivity index (χ0) is 12.8. The van der Waals surface area contributed by atoms with Gasteiger partial charge >= 0.3 is 0 Å². The molecule has 2 nitrogen and oxygen atoms in total. The molecule has 4 aliphatic carbocycles. The van der Waals surface area contributed by atoms with E-state index in [-0.39, 0.29) is 0 Å². The van der Waals surface area contributed by atoms with Crippen LogP contribution in [0.1, 0.15) is 45.4 Å². The zero-order valence-corrected chi connectivity index (χ0v) is 12.5. The Balaban J connectivity index is 1.46. The summed E-state index contributed by atoms with van der Waals surface area (Å²) in [5.74, 6) is 5.42. The molecule has 0 aromatic rings. The molecule has 5 rings (SSSR count). The highest BCUT2D eigenvalue weighted by molar-refractivity contribution is 5.02. The Labute approximate surface area is 118 Å². The highest BCUT2D eigenvalue weighted by Gasteiger charge is 2.50. The van der Waals surface area contributed by atoms with Crippen molar-refractivity contribution in [3.63, 3.8) is 0 Å². The Bertz CT molecular complexity index is 297. The zero-order valence-electron chi connectivity index (χ0n) is 12.5. The Morgan fingerprint density at radius 1 is 1.00 bits per heavy atom. The van der Waals surface area contributed by atoms with E-state index < -0.39 is 0 Å². The molecule has 1 atom stereocenters. The normalized spacial score (nSPS) is 49.7. The Hall–Kier alpha value is -0.0800. The molecule has 1 saturated heterocycles. The Morgan fingerprint density at radius 3 is 2.32 bits per heavy atom. The van der Waals surface area contributed by atoms with Crippen LogP contribution < -0.4 is 5.32 Å². The molecular weight excluding hydrogens is 232 g/mol. The first-order valence-corrected chi connectivity index (χ1v) is 8.79. The third kappa shape index (κ3) is 2.25. The summed E-state index contributed by atoms with van der Waals surface area (Å²) in [7, 11) is 0. The molecule has 1 N–H and O–H groups in total. The molecule has 0 radical (unpaired) electrons. The summed E-state index contributed by atoms with van der Waals surface area (Å²) in [5.41, 5.74) is 0. The fraction of sp³-hybridized carbons (Fsp3) is 1.00. The molecule has 19 heavy (non-hydrogen) atoms. The van der Waals surface area contributed by atoms with Gasteiger partial charge in [0, 0.05) is 25.7 Å². The number of nitrogens with zero attached hydrogens (tertiary/aromatic N) is 1. The van der Waals surface area contributed by atoms with Gasteiger partial charge in [0.2, 0.25) is 0 Å². The first-order valence-electron chi connectivity index (χ1n) is 8.79. The van der Waals surface area contributed by atoms with Crippen LogP contribution in [0.5, 0.6) is 0 Å². The lowest BCUT2D eigenvalue weighted by molar-refractivity contribution is -0.0602. The maximum Gasteiger partial charge on any atom is 0.0229 e. The minimum Gasteiger partial charge on any atom is -0.311 e. The number of hydrogen-bond acceptors (Lipinski definition) is 2. The summed E-state index contributed by atoms with van der Waals surface area (Å²) < 4.78 is 0. The van der Waals surface area contributed by atoms with E-state index in [1.807, 2.05) is 0 Å². The molecule has 1 aliphatic heterocycles. The van der Waals surface area contributed by atoms with Gasteiger partial charge in [0.1, 0.15) is 0 Å². The smallest absolute Gasteiger partial charge is 0.0229 e. The average Bonchev–Trinajstić information content (AvgIpc) is 2.38. The summed E-state index contributed by atoms with van der Waals surface area (Å²) in [6.07, 6.45) is 9.19. The standard InChI is InChI=1S/C17H30N2/c1-2-4-19-5-3-18-16(11-19)17-14-7-12-6-13(9-14)10-15(17)8-12/h12-18H,2-11H2,1H3. The minimum atomic E-state index is 0.815. The van der Waals surface area contributed by atoms with Crippen LogP contribution in [0.3, 0.4) is 0 Å². The fourth-order valence-electron chi connectivity index (χ4n) is 6.24. The van der Waals surface area contributed by atoms with Gasteiger partial charge in [-0.25, -0.2) is 0 Å². The van der Waals surface area contributed by atoms with E-state index in [0.717, 1.165) is 35.6 Å². The van der Waals surface area contributed by atoms with Gasteiger partial charge in [-0.2, -0.15) is 0 Å². The second-order valence-corrected chi connectivity index (χ2v) is 7.87. The molecule has 0 aromatic heterocycles. The molecule has 2 heteroatoms. The Morgan fingerprint density at radius 2 is 1.68 bits per heavy atom. The van der Waals surface area contributed by atoms with Gasteiger partial charge in [-0.15, -0.1) is 0 Å². The quantitative estimate of drug-likeness (QED) is 0.841. The maximum atomic E-state index is 3.89. The van der Waals surface area contributed by atoms with Crippen LogP contribution in [0.25, 0.3) is 0 Å². The lowest BCUT2D eigenvalue weighted by Gasteiger charge is -2.57. The van der Waals surface area contributed by atoms with Crippen LogP contribution in [-0.2, 0) is 0 Å². The maximum absolute atomic E-state index is 3.89. The SMILES string of the molecule is CCCN1CCNC(C2C3CC4CC(C3)CC2C4)C1.